The lowest BCUT2D eigenvalue weighted by molar-refractivity contribution is 0.177. The van der Waals surface area contributed by atoms with Crippen LogP contribution in [0, 0.1) is 5.92 Å². The molecule has 3 nitrogen and oxygen atoms in total. The highest BCUT2D eigenvalue weighted by Crippen LogP contribution is 2.34. The number of nitrogens with two attached hydrogens (primary N) is 2. The van der Waals surface area contributed by atoms with Crippen LogP contribution in [-0.4, -0.2) is 6.10 Å². The molecular weight excluding hydrogens is 200 g/mol. The van der Waals surface area contributed by atoms with Crippen molar-refractivity contribution in [1.29, 1.82) is 0 Å². The Morgan fingerprint density at radius 3 is 3.00 bits per heavy atom. The van der Waals surface area contributed by atoms with E-state index >= 15 is 0 Å². The summed E-state index contributed by atoms with van der Waals surface area (Å²) in [6.45, 7) is 0. The van der Waals surface area contributed by atoms with Crippen molar-refractivity contribution >= 4 is 5.69 Å². The first-order chi connectivity index (χ1) is 7.72. The Kier molecular flexibility index (Phi) is 1.93. The van der Waals surface area contributed by atoms with Crippen LogP contribution in [0.25, 0.3) is 0 Å². The Morgan fingerprint density at radius 2 is 2.12 bits per heavy atom. The topological polar surface area (TPSA) is 61.3 Å². The number of rotatable bonds is 0. The van der Waals surface area contributed by atoms with Crippen LogP contribution in [0.2, 0.25) is 0 Å². The fourth-order valence-corrected chi connectivity index (χ4v) is 2.32. The smallest absolute Gasteiger partial charge is 0.124 e. The minimum atomic E-state index is 0.114. The third-order valence-corrected chi connectivity index (χ3v) is 3.11. The zero-order valence-corrected chi connectivity index (χ0v) is 8.89. The van der Waals surface area contributed by atoms with E-state index in [1.807, 2.05) is 30.4 Å². The highest BCUT2D eigenvalue weighted by Gasteiger charge is 2.28. The molecule has 0 fully saturated rings. The number of benzene rings is 1. The highest BCUT2D eigenvalue weighted by molar-refractivity contribution is 5.50. The van der Waals surface area contributed by atoms with Crippen LogP contribution in [0.5, 0.6) is 5.75 Å². The number of allylic oxidation sites excluding steroid dienone is 1. The molecule has 1 aliphatic heterocycles. The van der Waals surface area contributed by atoms with Crippen molar-refractivity contribution in [1.82, 2.24) is 0 Å². The summed E-state index contributed by atoms with van der Waals surface area (Å²) in [7, 11) is 0. The van der Waals surface area contributed by atoms with Crippen LogP contribution in [0.3, 0.4) is 0 Å². The number of anilines is 1. The summed E-state index contributed by atoms with van der Waals surface area (Å²) >= 11 is 0. The van der Waals surface area contributed by atoms with Gasteiger partial charge in [-0.25, -0.2) is 0 Å². The molecule has 0 radical (unpaired) electrons. The lowest BCUT2D eigenvalue weighted by Crippen LogP contribution is -2.32. The molecule has 16 heavy (non-hydrogen) atoms. The van der Waals surface area contributed by atoms with Gasteiger partial charge in [0.2, 0.25) is 0 Å². The van der Waals surface area contributed by atoms with Gasteiger partial charge in [0.25, 0.3) is 0 Å². The van der Waals surface area contributed by atoms with Gasteiger partial charge in [-0.1, -0.05) is 6.08 Å². The lowest BCUT2D eigenvalue weighted by atomic mass is 9.87. The third-order valence-electron chi connectivity index (χ3n) is 3.11. The van der Waals surface area contributed by atoms with Gasteiger partial charge in [-0.3, -0.25) is 0 Å². The van der Waals surface area contributed by atoms with E-state index in [0.29, 0.717) is 5.92 Å². The summed E-state index contributed by atoms with van der Waals surface area (Å²) < 4.78 is 5.90. The fourth-order valence-electron chi connectivity index (χ4n) is 2.32. The normalized spacial score (nSPS) is 26.4. The summed E-state index contributed by atoms with van der Waals surface area (Å²) in [5.74, 6) is 1.27. The van der Waals surface area contributed by atoms with Crippen molar-refractivity contribution in [2.24, 2.45) is 11.7 Å². The second-order valence-electron chi connectivity index (χ2n) is 4.34. The largest absolute Gasteiger partial charge is 0.485 e. The van der Waals surface area contributed by atoms with Crippen LogP contribution in [0.15, 0.2) is 42.1 Å². The summed E-state index contributed by atoms with van der Waals surface area (Å²) in [4.78, 5) is 0. The van der Waals surface area contributed by atoms with Gasteiger partial charge >= 0.3 is 0 Å². The molecule has 1 aromatic carbocycles. The predicted octanol–water partition coefficient (Wildman–Crippen LogP) is 1.60. The van der Waals surface area contributed by atoms with Gasteiger partial charge in [0.1, 0.15) is 11.9 Å². The molecule has 0 aromatic heterocycles. The first-order valence-electron chi connectivity index (χ1n) is 5.43. The maximum Gasteiger partial charge on any atom is 0.124 e. The van der Waals surface area contributed by atoms with Crippen LogP contribution >= 0.6 is 0 Å². The second kappa shape index (κ2) is 3.30. The Morgan fingerprint density at radius 1 is 1.25 bits per heavy atom. The first kappa shape index (κ1) is 9.33. The zero-order valence-electron chi connectivity index (χ0n) is 8.89. The van der Waals surface area contributed by atoms with E-state index in [2.05, 4.69) is 6.08 Å². The molecule has 0 bridgehead atoms. The zero-order chi connectivity index (χ0) is 11.1. The van der Waals surface area contributed by atoms with E-state index in [0.717, 1.165) is 23.6 Å². The molecule has 1 aliphatic carbocycles. The Bertz CT molecular complexity index is 491. The SMILES string of the molecule is NC1=CC2Cc3cc(N)ccc3OC2C=C1. The average Bonchev–Trinajstić information content (AvgIpc) is 2.26. The number of hydrogen-bond acceptors (Lipinski definition) is 3. The van der Waals surface area contributed by atoms with Crippen molar-refractivity contribution in [3.05, 3.63) is 47.7 Å². The summed E-state index contributed by atoms with van der Waals surface area (Å²) in [5.41, 5.74) is 14.3. The summed E-state index contributed by atoms with van der Waals surface area (Å²) in [6.07, 6.45) is 7.05. The molecule has 3 heteroatoms. The molecular formula is C13H14N2O. The van der Waals surface area contributed by atoms with Crippen LogP contribution in [0.1, 0.15) is 5.56 Å². The quantitative estimate of drug-likeness (QED) is 0.645. The molecule has 3 rings (SSSR count). The van der Waals surface area contributed by atoms with Crippen molar-refractivity contribution < 1.29 is 4.74 Å². The van der Waals surface area contributed by atoms with Gasteiger partial charge in [-0.05, 0) is 42.3 Å². The van der Waals surface area contributed by atoms with Crippen LogP contribution < -0.4 is 16.2 Å². The van der Waals surface area contributed by atoms with Crippen molar-refractivity contribution in [2.45, 2.75) is 12.5 Å². The second-order valence-corrected chi connectivity index (χ2v) is 4.34. The molecule has 1 heterocycles. The molecule has 2 atom stereocenters. The Hall–Kier alpha value is -1.90. The Labute approximate surface area is 94.4 Å². The average molecular weight is 214 g/mol. The molecule has 2 unspecified atom stereocenters. The van der Waals surface area contributed by atoms with E-state index in [1.54, 1.807) is 0 Å². The van der Waals surface area contributed by atoms with E-state index in [1.165, 1.54) is 5.56 Å². The van der Waals surface area contributed by atoms with Gasteiger partial charge in [-0.2, -0.15) is 0 Å². The van der Waals surface area contributed by atoms with Gasteiger partial charge in [0.05, 0.1) is 0 Å². The van der Waals surface area contributed by atoms with E-state index in [9.17, 15) is 0 Å². The van der Waals surface area contributed by atoms with Gasteiger partial charge in [0.15, 0.2) is 0 Å². The molecule has 2 aliphatic rings. The molecule has 0 saturated heterocycles. The van der Waals surface area contributed by atoms with Crippen LogP contribution in [0.4, 0.5) is 5.69 Å². The van der Waals surface area contributed by atoms with Gasteiger partial charge in [-0.15, -0.1) is 0 Å². The van der Waals surface area contributed by atoms with E-state index in [-0.39, 0.29) is 6.10 Å². The standard InChI is InChI=1S/C13H14N2O/c14-10-1-3-12-8(6-10)5-9-7-11(15)2-4-13(9)16-12/h1-4,6-8,12H,5,14-15H2. The molecule has 0 saturated carbocycles. The predicted molar refractivity (Wildman–Crippen MR) is 63.9 cm³/mol. The minimum absolute atomic E-state index is 0.114. The highest BCUT2D eigenvalue weighted by atomic mass is 16.5. The van der Waals surface area contributed by atoms with Crippen molar-refractivity contribution in [3.63, 3.8) is 0 Å². The van der Waals surface area contributed by atoms with Crippen LogP contribution in [-0.2, 0) is 6.42 Å². The molecule has 4 N–H and O–H groups in total. The molecule has 82 valence electrons. The fraction of sp³-hybridized carbons (Fsp3) is 0.231. The van der Waals surface area contributed by atoms with E-state index < -0.39 is 0 Å². The van der Waals surface area contributed by atoms with Gasteiger partial charge < -0.3 is 16.2 Å². The first-order valence-corrected chi connectivity index (χ1v) is 5.43. The number of nitrogen functional groups attached to an aromatic ring is 1. The number of fused-ring (bicyclic) bond motifs is 2. The summed E-state index contributed by atoms with van der Waals surface area (Å²) in [5, 5.41) is 0. The molecule has 0 spiro atoms. The summed E-state index contributed by atoms with van der Waals surface area (Å²) in [6, 6.07) is 5.79. The molecule has 0 amide bonds. The van der Waals surface area contributed by atoms with Crippen molar-refractivity contribution in [2.75, 3.05) is 5.73 Å². The number of hydrogen-bond donors (Lipinski definition) is 2. The number of ether oxygens (including phenoxy) is 1. The molecule has 1 aromatic rings. The minimum Gasteiger partial charge on any atom is -0.485 e. The van der Waals surface area contributed by atoms with Crippen molar-refractivity contribution in [3.8, 4) is 5.75 Å². The third kappa shape index (κ3) is 1.45. The Balaban J connectivity index is 1.98. The van der Waals surface area contributed by atoms with Gasteiger partial charge in [0, 0.05) is 17.3 Å². The maximum absolute atomic E-state index is 5.90. The van der Waals surface area contributed by atoms with E-state index in [4.69, 9.17) is 16.2 Å². The lowest BCUT2D eigenvalue weighted by Gasteiger charge is -2.32. The maximum atomic E-state index is 5.90. The monoisotopic (exact) mass is 214 g/mol.